The van der Waals surface area contributed by atoms with Crippen molar-refractivity contribution in [2.45, 2.75) is 56.5 Å². The molecule has 0 heterocycles. The number of benzene rings is 2. The van der Waals surface area contributed by atoms with Gasteiger partial charge in [0.2, 0.25) is 0 Å². The van der Waals surface area contributed by atoms with E-state index in [2.05, 4.69) is 34.9 Å². The molecule has 28 heavy (non-hydrogen) atoms. The number of hydrogen-bond acceptors (Lipinski definition) is 2. The summed E-state index contributed by atoms with van der Waals surface area (Å²) in [6.45, 7) is 0.590. The smallest absolute Gasteiger partial charge is 0.315 e. The van der Waals surface area contributed by atoms with E-state index in [1.54, 1.807) is 0 Å². The van der Waals surface area contributed by atoms with E-state index in [0.717, 1.165) is 43.5 Å². The Morgan fingerprint density at radius 3 is 2.61 bits per heavy atom. The number of halogens is 1. The zero-order chi connectivity index (χ0) is 19.8. The summed E-state index contributed by atoms with van der Waals surface area (Å²) in [5.74, 6) is 0.482. The molecule has 2 aromatic carbocycles. The Kier molecular flexibility index (Phi) is 7.75. The summed E-state index contributed by atoms with van der Waals surface area (Å²) in [4.78, 5) is 12.3. The lowest BCUT2D eigenvalue weighted by Gasteiger charge is -2.30. The maximum absolute atomic E-state index is 12.3. The van der Waals surface area contributed by atoms with Crippen molar-refractivity contribution in [1.82, 2.24) is 10.6 Å². The predicted molar refractivity (Wildman–Crippen MR) is 116 cm³/mol. The van der Waals surface area contributed by atoms with Crippen LogP contribution in [0.15, 0.2) is 54.6 Å². The van der Waals surface area contributed by atoms with Gasteiger partial charge < -0.3 is 16.4 Å². The zero-order valence-corrected chi connectivity index (χ0v) is 17.0. The van der Waals surface area contributed by atoms with Crippen molar-refractivity contribution in [3.05, 3.63) is 70.7 Å². The van der Waals surface area contributed by atoms with Gasteiger partial charge in [-0.2, -0.15) is 0 Å². The lowest BCUT2D eigenvalue weighted by Crippen LogP contribution is -2.44. The van der Waals surface area contributed by atoms with E-state index >= 15 is 0 Å². The molecule has 0 saturated heterocycles. The Morgan fingerprint density at radius 2 is 1.86 bits per heavy atom. The number of rotatable bonds is 7. The largest absolute Gasteiger partial charge is 0.338 e. The molecule has 0 aliphatic heterocycles. The highest BCUT2D eigenvalue weighted by atomic mass is 35.5. The zero-order valence-electron chi connectivity index (χ0n) is 16.2. The molecular weight excluding hydrogens is 370 g/mol. The number of nitrogens with two attached hydrogens (primary N) is 1. The van der Waals surface area contributed by atoms with Crippen molar-refractivity contribution < 1.29 is 4.79 Å². The van der Waals surface area contributed by atoms with Gasteiger partial charge in [0.15, 0.2) is 0 Å². The Bertz CT molecular complexity index is 735. The first-order valence-electron chi connectivity index (χ1n) is 10.2. The highest BCUT2D eigenvalue weighted by Gasteiger charge is 2.24. The van der Waals surface area contributed by atoms with Crippen LogP contribution in [0.25, 0.3) is 0 Å². The van der Waals surface area contributed by atoms with Crippen molar-refractivity contribution in [3.63, 3.8) is 0 Å². The SMILES string of the molecule is NC(CCNC(=O)NC1CCCC(c2ccc(Cl)cc2)C1)Cc1ccccc1. The van der Waals surface area contributed by atoms with Gasteiger partial charge in [-0.3, -0.25) is 0 Å². The molecule has 0 spiro atoms. The summed E-state index contributed by atoms with van der Waals surface area (Å²) in [6.07, 6.45) is 5.89. The number of hydrogen-bond donors (Lipinski definition) is 3. The van der Waals surface area contributed by atoms with E-state index < -0.39 is 0 Å². The topological polar surface area (TPSA) is 67.1 Å². The number of amides is 2. The van der Waals surface area contributed by atoms with Gasteiger partial charge in [0.25, 0.3) is 0 Å². The first-order chi connectivity index (χ1) is 13.6. The highest BCUT2D eigenvalue weighted by Crippen LogP contribution is 2.33. The summed E-state index contributed by atoms with van der Waals surface area (Å²) < 4.78 is 0. The van der Waals surface area contributed by atoms with Crippen LogP contribution < -0.4 is 16.4 Å². The molecule has 4 nitrogen and oxygen atoms in total. The van der Waals surface area contributed by atoms with Crippen LogP contribution >= 0.6 is 11.6 Å². The fraction of sp³-hybridized carbons (Fsp3) is 0.435. The van der Waals surface area contributed by atoms with E-state index in [0.29, 0.717) is 12.5 Å². The quantitative estimate of drug-likeness (QED) is 0.635. The van der Waals surface area contributed by atoms with Crippen molar-refractivity contribution in [3.8, 4) is 0 Å². The Hall–Kier alpha value is -2.04. The molecule has 0 radical (unpaired) electrons. The third-order valence-corrected chi connectivity index (χ3v) is 5.74. The summed E-state index contributed by atoms with van der Waals surface area (Å²) in [5.41, 5.74) is 8.73. The van der Waals surface area contributed by atoms with Gasteiger partial charge in [-0.05, 0) is 61.3 Å². The molecule has 2 aromatic rings. The summed E-state index contributed by atoms with van der Waals surface area (Å²) in [5, 5.41) is 6.86. The van der Waals surface area contributed by atoms with Gasteiger partial charge in [0, 0.05) is 23.7 Å². The van der Waals surface area contributed by atoms with E-state index in [4.69, 9.17) is 17.3 Å². The van der Waals surface area contributed by atoms with Crippen molar-refractivity contribution in [1.29, 1.82) is 0 Å². The Morgan fingerprint density at radius 1 is 1.11 bits per heavy atom. The van der Waals surface area contributed by atoms with Gasteiger partial charge in [0.1, 0.15) is 0 Å². The van der Waals surface area contributed by atoms with Crippen molar-refractivity contribution >= 4 is 17.6 Å². The standard InChI is InChI=1S/C23H30ClN3O/c24-20-11-9-18(10-12-20)19-7-4-8-22(16-19)27-23(28)26-14-13-21(25)15-17-5-2-1-3-6-17/h1-3,5-6,9-12,19,21-22H,4,7-8,13-16,25H2,(H2,26,27,28). The average Bonchev–Trinajstić information content (AvgIpc) is 2.69. The van der Waals surface area contributed by atoms with Crippen LogP contribution in [0.1, 0.15) is 49.1 Å². The van der Waals surface area contributed by atoms with Crippen LogP contribution in [0.4, 0.5) is 4.79 Å². The predicted octanol–water partition coefficient (Wildman–Crippen LogP) is 4.63. The first kappa shape index (κ1) is 20.7. The second kappa shape index (κ2) is 10.5. The molecule has 2 amide bonds. The molecule has 1 fully saturated rings. The van der Waals surface area contributed by atoms with Crippen LogP contribution in [-0.2, 0) is 6.42 Å². The second-order valence-electron chi connectivity index (χ2n) is 7.75. The normalized spacial score (nSPS) is 20.4. The van der Waals surface area contributed by atoms with Crippen LogP contribution in [0, 0.1) is 0 Å². The second-order valence-corrected chi connectivity index (χ2v) is 8.19. The molecule has 3 rings (SSSR count). The van der Waals surface area contributed by atoms with Gasteiger partial charge >= 0.3 is 6.03 Å². The molecule has 3 atom stereocenters. The van der Waals surface area contributed by atoms with E-state index in [-0.39, 0.29) is 18.1 Å². The third kappa shape index (κ3) is 6.54. The average molecular weight is 400 g/mol. The minimum Gasteiger partial charge on any atom is -0.338 e. The minimum absolute atomic E-state index is 0.0478. The monoisotopic (exact) mass is 399 g/mol. The molecule has 0 bridgehead atoms. The Labute approximate surface area is 172 Å². The number of urea groups is 1. The summed E-state index contributed by atoms with van der Waals surface area (Å²) >= 11 is 5.99. The van der Waals surface area contributed by atoms with Gasteiger partial charge in [-0.25, -0.2) is 4.79 Å². The highest BCUT2D eigenvalue weighted by molar-refractivity contribution is 6.30. The molecule has 4 N–H and O–H groups in total. The van der Waals surface area contributed by atoms with Crippen LogP contribution in [0.2, 0.25) is 5.02 Å². The minimum atomic E-state index is -0.0892. The molecule has 5 heteroatoms. The summed E-state index contributed by atoms with van der Waals surface area (Å²) in [6, 6.07) is 18.5. The molecule has 1 aliphatic rings. The maximum Gasteiger partial charge on any atom is 0.315 e. The van der Waals surface area contributed by atoms with Crippen LogP contribution in [0.3, 0.4) is 0 Å². The lowest BCUT2D eigenvalue weighted by molar-refractivity contribution is 0.230. The first-order valence-corrected chi connectivity index (χ1v) is 10.6. The van der Waals surface area contributed by atoms with Crippen LogP contribution in [0.5, 0.6) is 0 Å². The number of carbonyl (C=O) groups is 1. The molecule has 1 saturated carbocycles. The van der Waals surface area contributed by atoms with Crippen molar-refractivity contribution in [2.24, 2.45) is 5.73 Å². The van der Waals surface area contributed by atoms with Crippen molar-refractivity contribution in [2.75, 3.05) is 6.54 Å². The molecule has 0 aromatic heterocycles. The number of nitrogens with one attached hydrogen (secondary N) is 2. The van der Waals surface area contributed by atoms with Crippen LogP contribution in [-0.4, -0.2) is 24.7 Å². The van der Waals surface area contributed by atoms with Gasteiger partial charge in [-0.15, -0.1) is 0 Å². The Balaban J connectivity index is 1.37. The van der Waals surface area contributed by atoms with E-state index in [9.17, 15) is 4.79 Å². The lowest BCUT2D eigenvalue weighted by atomic mass is 9.81. The molecule has 3 unspecified atom stereocenters. The van der Waals surface area contributed by atoms with Gasteiger partial charge in [0.05, 0.1) is 0 Å². The third-order valence-electron chi connectivity index (χ3n) is 5.49. The van der Waals surface area contributed by atoms with E-state index in [1.165, 1.54) is 11.1 Å². The molecule has 150 valence electrons. The van der Waals surface area contributed by atoms with E-state index in [1.807, 2.05) is 30.3 Å². The molecule has 1 aliphatic carbocycles. The number of carbonyl (C=O) groups excluding carboxylic acids is 1. The summed E-state index contributed by atoms with van der Waals surface area (Å²) in [7, 11) is 0. The maximum atomic E-state index is 12.3. The molecular formula is C23H30ClN3O. The fourth-order valence-corrected chi connectivity index (χ4v) is 4.11. The fourth-order valence-electron chi connectivity index (χ4n) is 3.99. The van der Waals surface area contributed by atoms with Gasteiger partial charge in [-0.1, -0.05) is 60.5 Å².